The van der Waals surface area contributed by atoms with Crippen LogP contribution in [-0.4, -0.2) is 51.7 Å². The van der Waals surface area contributed by atoms with Gasteiger partial charge in [-0.2, -0.15) is 13.2 Å². The molecule has 2 aliphatic heterocycles. The Labute approximate surface area is 199 Å². The molecule has 0 unspecified atom stereocenters. The molecule has 8 nitrogen and oxygen atoms in total. The largest absolute Gasteiger partial charge is 0.496 e. The number of fused-ring (bicyclic) bond motifs is 1. The number of hydrogen-bond donors (Lipinski definition) is 1. The molecule has 1 fully saturated rings. The Hall–Kier alpha value is -3.73. The number of hydrogen-bond acceptors (Lipinski definition) is 6. The fourth-order valence-corrected chi connectivity index (χ4v) is 4.42. The average Bonchev–Trinajstić information content (AvgIpc) is 3.48. The summed E-state index contributed by atoms with van der Waals surface area (Å²) in [5, 5.41) is 10.8. The highest BCUT2D eigenvalue weighted by Gasteiger charge is 2.36. The molecule has 11 heteroatoms. The summed E-state index contributed by atoms with van der Waals surface area (Å²) in [6.45, 7) is 2.81. The van der Waals surface area contributed by atoms with Gasteiger partial charge in [-0.05, 0) is 49.7 Å². The molecule has 1 N–H and O–H groups in total. The first-order chi connectivity index (χ1) is 16.8. The number of ether oxygens (including phenoxy) is 1. The maximum absolute atomic E-state index is 13.4. The number of nitrogens with one attached hydrogen (secondary N) is 1. The van der Waals surface area contributed by atoms with Crippen LogP contribution in [0.1, 0.15) is 36.1 Å². The van der Waals surface area contributed by atoms with Crippen LogP contribution in [0.4, 0.5) is 24.5 Å². The van der Waals surface area contributed by atoms with Crippen molar-refractivity contribution in [3.05, 3.63) is 59.4 Å². The van der Waals surface area contributed by atoms with E-state index in [9.17, 15) is 18.0 Å². The number of rotatable bonds is 5. The van der Waals surface area contributed by atoms with E-state index in [4.69, 9.17) is 4.74 Å². The van der Waals surface area contributed by atoms with E-state index in [-0.39, 0.29) is 23.5 Å². The lowest BCUT2D eigenvalue weighted by Gasteiger charge is -2.15. The number of benzene rings is 2. The molecular weight excluding hydrogens is 461 g/mol. The number of amides is 1. The fourth-order valence-electron chi connectivity index (χ4n) is 4.42. The Bertz CT molecular complexity index is 1290. The summed E-state index contributed by atoms with van der Waals surface area (Å²) in [4.78, 5) is 19.5. The molecule has 0 bridgehead atoms. The zero-order valence-corrected chi connectivity index (χ0v) is 19.0. The Balaban J connectivity index is 1.52. The number of aliphatic imine (C=N–C) groups is 1. The van der Waals surface area contributed by atoms with E-state index in [1.807, 2.05) is 18.2 Å². The molecule has 182 valence electrons. The molecular formula is C24H23F3N6O2. The number of nitrogens with zero attached hydrogens (tertiary/aromatic N) is 5. The molecule has 35 heavy (non-hydrogen) atoms. The second-order valence-corrected chi connectivity index (χ2v) is 8.52. The third-order valence-corrected chi connectivity index (χ3v) is 6.11. The van der Waals surface area contributed by atoms with Crippen LogP contribution >= 0.6 is 0 Å². The van der Waals surface area contributed by atoms with Crippen molar-refractivity contribution < 1.29 is 22.7 Å². The zero-order chi connectivity index (χ0) is 24.6. The van der Waals surface area contributed by atoms with Crippen LogP contribution < -0.4 is 10.1 Å². The van der Waals surface area contributed by atoms with Gasteiger partial charge >= 0.3 is 6.18 Å². The van der Waals surface area contributed by atoms with Gasteiger partial charge in [0.1, 0.15) is 5.75 Å². The predicted molar refractivity (Wildman–Crippen MR) is 123 cm³/mol. The zero-order valence-electron chi connectivity index (χ0n) is 19.0. The Morgan fingerprint density at radius 1 is 1.14 bits per heavy atom. The molecule has 0 radical (unpaired) electrons. The highest BCUT2D eigenvalue weighted by molar-refractivity contribution is 6.17. The van der Waals surface area contributed by atoms with Gasteiger partial charge in [0.25, 0.3) is 0 Å². The van der Waals surface area contributed by atoms with Gasteiger partial charge in [-0.15, -0.1) is 5.10 Å². The maximum Gasteiger partial charge on any atom is 0.420 e. The number of likely N-dealkylation sites (tertiary alicyclic amines) is 1. The number of aromatic nitrogens is 3. The standard InChI is InChI=1S/C24H23F3N6O2/c1-35-22-11-21-20(10-18(22)24(25,26)27)30-23(34)12-19(29-21)15-5-4-6-16(9-15)33-17(13-28-31-33)14-32-7-2-3-8-32/h4-6,9-11,13H,2-3,7-8,12,14H2,1H3,(H,30,34). The number of halogens is 3. The Morgan fingerprint density at radius 2 is 1.94 bits per heavy atom. The average molecular weight is 484 g/mol. The molecule has 3 aromatic rings. The second-order valence-electron chi connectivity index (χ2n) is 8.52. The third-order valence-electron chi connectivity index (χ3n) is 6.11. The minimum Gasteiger partial charge on any atom is -0.496 e. The summed E-state index contributed by atoms with van der Waals surface area (Å²) in [5.41, 5.74) is 1.98. The summed E-state index contributed by atoms with van der Waals surface area (Å²) >= 11 is 0. The quantitative estimate of drug-likeness (QED) is 0.582. The molecule has 2 aromatic carbocycles. The van der Waals surface area contributed by atoms with Gasteiger partial charge in [-0.3, -0.25) is 9.69 Å². The first kappa shape index (κ1) is 23.0. The Morgan fingerprint density at radius 3 is 2.69 bits per heavy atom. The van der Waals surface area contributed by atoms with Crippen molar-refractivity contribution >= 4 is 23.0 Å². The van der Waals surface area contributed by atoms with Crippen LogP contribution in [0, 0.1) is 0 Å². The van der Waals surface area contributed by atoms with Crippen LogP contribution in [-0.2, 0) is 17.5 Å². The SMILES string of the molecule is COc1cc2c(cc1C(F)(F)F)NC(=O)CC(c1cccc(-n3nncc3CN3CCCC3)c1)=N2. The molecule has 5 rings (SSSR count). The summed E-state index contributed by atoms with van der Waals surface area (Å²) in [6, 6.07) is 9.41. The van der Waals surface area contributed by atoms with Gasteiger partial charge < -0.3 is 10.1 Å². The lowest BCUT2D eigenvalue weighted by molar-refractivity contribution is -0.138. The minimum absolute atomic E-state index is 0.0153. The monoisotopic (exact) mass is 484 g/mol. The number of methoxy groups -OCH3 is 1. The topological polar surface area (TPSA) is 84.6 Å². The van der Waals surface area contributed by atoms with E-state index in [0.29, 0.717) is 11.3 Å². The maximum atomic E-state index is 13.4. The van der Waals surface area contributed by atoms with Gasteiger partial charge in [0.05, 0.1) is 53.8 Å². The van der Waals surface area contributed by atoms with Crippen LogP contribution in [0.15, 0.2) is 47.6 Å². The van der Waals surface area contributed by atoms with Crippen molar-refractivity contribution in [1.29, 1.82) is 0 Å². The first-order valence-corrected chi connectivity index (χ1v) is 11.2. The van der Waals surface area contributed by atoms with Crippen molar-refractivity contribution in [3.63, 3.8) is 0 Å². The van der Waals surface area contributed by atoms with E-state index >= 15 is 0 Å². The lowest BCUT2D eigenvalue weighted by atomic mass is 10.1. The molecule has 1 saturated heterocycles. The van der Waals surface area contributed by atoms with E-state index in [1.165, 1.54) is 18.9 Å². The van der Waals surface area contributed by atoms with Crippen molar-refractivity contribution in [1.82, 2.24) is 19.9 Å². The number of carbonyl (C=O) groups is 1. The van der Waals surface area contributed by atoms with Crippen molar-refractivity contribution in [2.45, 2.75) is 32.0 Å². The summed E-state index contributed by atoms with van der Waals surface area (Å²) in [6.07, 6.45) is -0.643. The lowest BCUT2D eigenvalue weighted by Crippen LogP contribution is -2.20. The predicted octanol–water partition coefficient (Wildman–Crippen LogP) is 4.35. The van der Waals surface area contributed by atoms with Gasteiger partial charge in [-0.25, -0.2) is 9.67 Å². The fraction of sp³-hybridized carbons (Fsp3) is 0.333. The van der Waals surface area contributed by atoms with E-state index in [2.05, 4.69) is 25.5 Å². The van der Waals surface area contributed by atoms with Crippen molar-refractivity contribution in [2.24, 2.45) is 4.99 Å². The molecule has 0 saturated carbocycles. The second kappa shape index (κ2) is 9.14. The first-order valence-electron chi connectivity index (χ1n) is 11.2. The van der Waals surface area contributed by atoms with Gasteiger partial charge in [0.2, 0.25) is 5.91 Å². The molecule has 0 spiro atoms. The van der Waals surface area contributed by atoms with Crippen molar-refractivity contribution in [2.75, 3.05) is 25.5 Å². The molecule has 0 aliphatic carbocycles. The van der Waals surface area contributed by atoms with Crippen molar-refractivity contribution in [3.8, 4) is 11.4 Å². The number of alkyl halides is 3. The summed E-state index contributed by atoms with van der Waals surface area (Å²) < 4.78 is 47.0. The molecule has 3 heterocycles. The Kier molecular flexibility index (Phi) is 6.01. The third kappa shape index (κ3) is 4.76. The normalized spacial score (nSPS) is 16.5. The van der Waals surface area contributed by atoms with E-state index in [1.54, 1.807) is 16.9 Å². The molecule has 0 atom stereocenters. The van der Waals surface area contributed by atoms with E-state index in [0.717, 1.165) is 44.2 Å². The molecule has 1 amide bonds. The highest BCUT2D eigenvalue weighted by Crippen LogP contribution is 2.43. The van der Waals surface area contributed by atoms with Crippen LogP contribution in [0.25, 0.3) is 5.69 Å². The smallest absolute Gasteiger partial charge is 0.420 e. The number of carbonyl (C=O) groups excluding carboxylic acids is 1. The summed E-state index contributed by atoms with van der Waals surface area (Å²) in [5.74, 6) is -0.819. The van der Waals surface area contributed by atoms with Gasteiger partial charge in [-0.1, -0.05) is 17.3 Å². The highest BCUT2D eigenvalue weighted by atomic mass is 19.4. The molecule has 1 aromatic heterocycles. The van der Waals surface area contributed by atoms with E-state index < -0.39 is 17.6 Å². The van der Waals surface area contributed by atoms with Crippen LogP contribution in [0.2, 0.25) is 0 Å². The minimum atomic E-state index is -4.64. The molecule has 2 aliphatic rings. The van der Waals surface area contributed by atoms with Crippen LogP contribution in [0.3, 0.4) is 0 Å². The number of anilines is 1. The van der Waals surface area contributed by atoms with Gasteiger partial charge in [0, 0.05) is 12.6 Å². The summed E-state index contributed by atoms with van der Waals surface area (Å²) in [7, 11) is 1.16. The van der Waals surface area contributed by atoms with Crippen LogP contribution in [0.5, 0.6) is 5.75 Å². The van der Waals surface area contributed by atoms with Gasteiger partial charge in [0.15, 0.2) is 0 Å².